The molecule has 3 aliphatic heterocycles. The van der Waals surface area contributed by atoms with Gasteiger partial charge < -0.3 is 89.9 Å². The van der Waals surface area contributed by atoms with E-state index in [2.05, 4.69) is 67.8 Å². The van der Waals surface area contributed by atoms with Crippen LogP contribution in [0, 0.1) is 0 Å². The molecular formula is C74H135NO18. The largest absolute Gasteiger partial charge is 0.394 e. The zero-order valence-electron chi connectivity index (χ0n) is 57.7. The first-order valence-corrected chi connectivity index (χ1v) is 37.4. The van der Waals surface area contributed by atoms with Crippen molar-refractivity contribution < 1.29 is 89.4 Å². The zero-order valence-corrected chi connectivity index (χ0v) is 57.7. The van der Waals surface area contributed by atoms with Crippen LogP contribution in [0.5, 0.6) is 0 Å². The van der Waals surface area contributed by atoms with E-state index in [4.69, 9.17) is 28.4 Å². The van der Waals surface area contributed by atoms with Gasteiger partial charge in [0.2, 0.25) is 5.91 Å². The van der Waals surface area contributed by atoms with Crippen LogP contribution in [-0.4, -0.2) is 193 Å². The van der Waals surface area contributed by atoms with Gasteiger partial charge in [-0.2, -0.15) is 0 Å². The lowest BCUT2D eigenvalue weighted by Crippen LogP contribution is -2.66. The molecule has 0 spiro atoms. The Morgan fingerprint density at radius 3 is 1.16 bits per heavy atom. The molecule has 17 unspecified atom stereocenters. The highest BCUT2D eigenvalue weighted by Gasteiger charge is 2.53. The average Bonchev–Trinajstić information content (AvgIpc) is 0.805. The fourth-order valence-corrected chi connectivity index (χ4v) is 12.7. The number of aliphatic hydroxyl groups is 11. The standard InChI is InChI=1S/C74H135NO18/c1-3-5-7-9-11-13-15-16-17-18-19-20-21-22-23-24-25-26-27-28-29-30-31-32-33-34-35-36-37-38-39-40-42-44-46-48-50-52-62(80)75-57(58(79)51-49-47-45-43-41-14-12-10-8-6-4-2)56-88-72-68(86)65(83)70(60(54-77)90-72)93-74-69(87)66(84)71(61(55-78)91-74)92-73-67(85)64(82)63(81)59(53-76)89-73/h5,7,11,13,16-17,19-20,57-61,63-74,76-79,81-87H,3-4,6,8-10,12,14-15,18,21-56H2,1-2H3,(H,75,80)/b7-5-,13-11-,17-16-,20-19-. The summed E-state index contributed by atoms with van der Waals surface area (Å²) in [5.41, 5.74) is 0. The van der Waals surface area contributed by atoms with Crippen molar-refractivity contribution in [1.82, 2.24) is 5.32 Å². The number of ether oxygens (including phenoxy) is 6. The molecule has 19 nitrogen and oxygen atoms in total. The van der Waals surface area contributed by atoms with Gasteiger partial charge >= 0.3 is 0 Å². The smallest absolute Gasteiger partial charge is 0.220 e. The first kappa shape index (κ1) is 85.0. The number of aliphatic hydroxyl groups excluding tert-OH is 11. The van der Waals surface area contributed by atoms with Gasteiger partial charge in [-0.05, 0) is 51.4 Å². The first-order valence-electron chi connectivity index (χ1n) is 37.4. The quantitative estimate of drug-likeness (QED) is 0.0199. The first-order chi connectivity index (χ1) is 45.3. The van der Waals surface area contributed by atoms with Gasteiger partial charge in [0.1, 0.15) is 73.2 Å². The summed E-state index contributed by atoms with van der Waals surface area (Å²) in [6.45, 7) is 1.69. The molecule has 0 bridgehead atoms. The molecule has 0 aliphatic carbocycles. The van der Waals surface area contributed by atoms with Gasteiger partial charge in [0, 0.05) is 6.42 Å². The topological polar surface area (TPSA) is 307 Å². The third-order valence-electron chi connectivity index (χ3n) is 18.7. The van der Waals surface area contributed by atoms with Crippen LogP contribution in [0.4, 0.5) is 0 Å². The van der Waals surface area contributed by atoms with E-state index in [1.165, 1.54) is 180 Å². The van der Waals surface area contributed by atoms with E-state index < -0.39 is 124 Å². The van der Waals surface area contributed by atoms with Crippen LogP contribution in [0.15, 0.2) is 48.6 Å². The molecule has 0 aromatic rings. The fourth-order valence-electron chi connectivity index (χ4n) is 12.7. The molecule has 3 rings (SSSR count). The van der Waals surface area contributed by atoms with E-state index >= 15 is 0 Å². The number of nitrogens with one attached hydrogen (secondary N) is 1. The zero-order chi connectivity index (χ0) is 67.5. The van der Waals surface area contributed by atoms with Crippen LogP contribution < -0.4 is 5.32 Å². The van der Waals surface area contributed by atoms with Gasteiger partial charge in [-0.25, -0.2) is 0 Å². The molecule has 3 heterocycles. The molecular weight excluding hydrogens is 1190 g/mol. The summed E-state index contributed by atoms with van der Waals surface area (Å²) >= 11 is 0. The maximum atomic E-state index is 13.4. The Hall–Kier alpha value is -2.25. The van der Waals surface area contributed by atoms with E-state index in [9.17, 15) is 61.0 Å². The number of hydrogen-bond acceptors (Lipinski definition) is 18. The predicted octanol–water partition coefficient (Wildman–Crippen LogP) is 10.9. The summed E-state index contributed by atoms with van der Waals surface area (Å²) in [5, 5.41) is 121. The number of hydrogen-bond donors (Lipinski definition) is 12. The van der Waals surface area contributed by atoms with Gasteiger partial charge in [0.25, 0.3) is 0 Å². The number of unbranched alkanes of at least 4 members (excludes halogenated alkanes) is 34. The molecule has 93 heavy (non-hydrogen) atoms. The maximum absolute atomic E-state index is 13.4. The summed E-state index contributed by atoms with van der Waals surface area (Å²) in [6, 6.07) is -0.884. The SMILES string of the molecule is CC/C=C\C/C=C\C/C=C\C/C=C\CCCCCCCCCCCCCCCCCCCCCCCCCCC(=O)NC(COC1OC(CO)C(OC2OC(CO)C(OC3OC(CO)C(O)C(O)C3O)C(O)C2O)C(O)C1O)C(O)CCCCCCCCCCCCC. The summed E-state index contributed by atoms with van der Waals surface area (Å²) in [6.07, 6.45) is 40.9. The van der Waals surface area contributed by atoms with E-state index in [1.807, 2.05) is 0 Å². The lowest BCUT2D eigenvalue weighted by molar-refractivity contribution is -0.379. The van der Waals surface area contributed by atoms with Gasteiger partial charge in [-0.3, -0.25) is 4.79 Å². The summed E-state index contributed by atoms with van der Waals surface area (Å²) in [5.74, 6) is -0.240. The molecule has 3 aliphatic rings. The molecule has 3 fully saturated rings. The van der Waals surface area contributed by atoms with Crippen molar-refractivity contribution >= 4 is 5.91 Å². The third-order valence-corrected chi connectivity index (χ3v) is 18.7. The van der Waals surface area contributed by atoms with Crippen molar-refractivity contribution in [3.8, 4) is 0 Å². The molecule has 0 aromatic heterocycles. The monoisotopic (exact) mass is 1330 g/mol. The summed E-state index contributed by atoms with van der Waals surface area (Å²) in [4.78, 5) is 13.4. The van der Waals surface area contributed by atoms with E-state index in [1.54, 1.807) is 0 Å². The second kappa shape index (κ2) is 55.6. The number of allylic oxidation sites excluding steroid dienone is 8. The van der Waals surface area contributed by atoms with E-state index in [-0.39, 0.29) is 18.9 Å². The summed E-state index contributed by atoms with van der Waals surface area (Å²) < 4.78 is 34.4. The summed E-state index contributed by atoms with van der Waals surface area (Å²) in [7, 11) is 0. The fraction of sp³-hybridized carbons (Fsp3) is 0.878. The maximum Gasteiger partial charge on any atom is 0.220 e. The average molecular weight is 1330 g/mol. The van der Waals surface area contributed by atoms with Crippen molar-refractivity contribution in [3.63, 3.8) is 0 Å². The minimum Gasteiger partial charge on any atom is -0.394 e. The van der Waals surface area contributed by atoms with Crippen LogP contribution in [0.3, 0.4) is 0 Å². The van der Waals surface area contributed by atoms with E-state index in [0.29, 0.717) is 12.8 Å². The Morgan fingerprint density at radius 2 is 0.742 bits per heavy atom. The van der Waals surface area contributed by atoms with Crippen LogP contribution in [0.1, 0.15) is 284 Å². The second-order valence-corrected chi connectivity index (χ2v) is 26.7. The molecule has 12 N–H and O–H groups in total. The Labute approximate surface area is 561 Å². The molecule has 1 amide bonds. The van der Waals surface area contributed by atoms with Gasteiger partial charge in [-0.1, -0.05) is 274 Å². The Morgan fingerprint density at radius 1 is 0.398 bits per heavy atom. The third kappa shape index (κ3) is 37.0. The van der Waals surface area contributed by atoms with Gasteiger partial charge in [0.05, 0.1) is 38.6 Å². The lowest BCUT2D eigenvalue weighted by atomic mass is 9.96. The van der Waals surface area contributed by atoms with Crippen molar-refractivity contribution in [1.29, 1.82) is 0 Å². The van der Waals surface area contributed by atoms with Gasteiger partial charge in [-0.15, -0.1) is 0 Å². The minimum absolute atomic E-state index is 0.240. The molecule has 544 valence electrons. The molecule has 0 radical (unpaired) electrons. The molecule has 17 atom stereocenters. The van der Waals surface area contributed by atoms with Crippen molar-refractivity contribution in [3.05, 3.63) is 48.6 Å². The number of rotatable bonds is 58. The Kier molecular flexibility index (Phi) is 50.8. The molecule has 0 saturated carbocycles. The normalized spacial score (nSPS) is 27.8. The Bertz CT molecular complexity index is 1870. The minimum atomic E-state index is -1.97. The number of carbonyl (C=O) groups excluding carboxylic acids is 1. The van der Waals surface area contributed by atoms with Crippen LogP contribution in [-0.2, 0) is 33.2 Å². The second-order valence-electron chi connectivity index (χ2n) is 26.7. The van der Waals surface area contributed by atoms with Crippen molar-refractivity contribution in [2.24, 2.45) is 0 Å². The predicted molar refractivity (Wildman–Crippen MR) is 365 cm³/mol. The molecule has 19 heteroatoms. The molecule has 3 saturated heterocycles. The Balaban J connectivity index is 1.28. The highest BCUT2D eigenvalue weighted by atomic mass is 16.8. The molecule has 0 aromatic carbocycles. The highest BCUT2D eigenvalue weighted by molar-refractivity contribution is 5.76. The van der Waals surface area contributed by atoms with Crippen LogP contribution >= 0.6 is 0 Å². The highest BCUT2D eigenvalue weighted by Crippen LogP contribution is 2.33. The number of amides is 1. The van der Waals surface area contributed by atoms with Crippen molar-refractivity contribution in [2.75, 3.05) is 26.4 Å². The van der Waals surface area contributed by atoms with Crippen molar-refractivity contribution in [2.45, 2.75) is 388 Å². The van der Waals surface area contributed by atoms with E-state index in [0.717, 1.165) is 70.6 Å². The van der Waals surface area contributed by atoms with Crippen LogP contribution in [0.25, 0.3) is 0 Å². The number of carbonyl (C=O) groups is 1. The van der Waals surface area contributed by atoms with Crippen LogP contribution in [0.2, 0.25) is 0 Å². The van der Waals surface area contributed by atoms with Gasteiger partial charge in [0.15, 0.2) is 18.9 Å². The lowest BCUT2D eigenvalue weighted by Gasteiger charge is -2.48.